The molecule has 0 unspecified atom stereocenters. The first-order chi connectivity index (χ1) is 11.0. The molecule has 0 bridgehead atoms. The van der Waals surface area contributed by atoms with Crippen LogP contribution < -0.4 is 16.0 Å². The molecule has 3 rings (SSSR count). The summed E-state index contributed by atoms with van der Waals surface area (Å²) in [4.78, 5) is 28.9. The second-order valence-corrected chi connectivity index (χ2v) is 6.39. The summed E-state index contributed by atoms with van der Waals surface area (Å²) in [7, 11) is 0. The number of hydrogen-bond acceptors (Lipinski definition) is 3. The van der Waals surface area contributed by atoms with E-state index in [1.807, 2.05) is 6.07 Å². The molecule has 23 heavy (non-hydrogen) atoms. The van der Waals surface area contributed by atoms with Gasteiger partial charge in [0.2, 0.25) is 5.91 Å². The predicted octanol–water partition coefficient (Wildman–Crippen LogP) is 2.73. The van der Waals surface area contributed by atoms with Gasteiger partial charge in [-0.15, -0.1) is 0 Å². The van der Waals surface area contributed by atoms with E-state index in [1.54, 1.807) is 24.4 Å². The van der Waals surface area contributed by atoms with Crippen LogP contribution in [0.4, 0.5) is 11.4 Å². The number of halogens is 1. The van der Waals surface area contributed by atoms with E-state index in [0.29, 0.717) is 16.9 Å². The van der Waals surface area contributed by atoms with E-state index in [4.69, 9.17) is 5.73 Å². The van der Waals surface area contributed by atoms with Gasteiger partial charge in [0.1, 0.15) is 5.69 Å². The summed E-state index contributed by atoms with van der Waals surface area (Å²) < 4.78 is 0.799. The number of nitrogens with one attached hydrogen (secondary N) is 2. The molecule has 7 heteroatoms. The van der Waals surface area contributed by atoms with E-state index >= 15 is 0 Å². The van der Waals surface area contributed by atoms with Gasteiger partial charge < -0.3 is 20.9 Å². The van der Waals surface area contributed by atoms with Crippen molar-refractivity contribution < 1.29 is 9.59 Å². The smallest absolute Gasteiger partial charge is 0.272 e. The Balaban J connectivity index is 1.92. The number of anilines is 2. The molecule has 0 aliphatic carbocycles. The summed E-state index contributed by atoms with van der Waals surface area (Å²) in [5, 5.41) is 2.87. The van der Waals surface area contributed by atoms with Crippen LogP contribution in [0.1, 0.15) is 33.7 Å². The third-order valence-electron chi connectivity index (χ3n) is 3.87. The van der Waals surface area contributed by atoms with Crippen molar-refractivity contribution in [2.24, 2.45) is 5.73 Å². The Hall–Kier alpha value is -2.28. The molecule has 2 heterocycles. The van der Waals surface area contributed by atoms with Crippen molar-refractivity contribution in [1.29, 1.82) is 0 Å². The molecule has 0 saturated carbocycles. The minimum absolute atomic E-state index is 0.266. The highest BCUT2D eigenvalue weighted by Gasteiger charge is 2.19. The third-order valence-corrected chi connectivity index (χ3v) is 4.33. The number of carbonyl (C=O) groups is 2. The first-order valence-electron chi connectivity index (χ1n) is 7.38. The summed E-state index contributed by atoms with van der Waals surface area (Å²) in [6.45, 7) is 1.87. The quantitative estimate of drug-likeness (QED) is 0.765. The van der Waals surface area contributed by atoms with Crippen LogP contribution in [0.25, 0.3) is 0 Å². The van der Waals surface area contributed by atoms with Crippen molar-refractivity contribution in [2.45, 2.75) is 12.8 Å². The van der Waals surface area contributed by atoms with Crippen molar-refractivity contribution >= 4 is 39.1 Å². The first-order valence-corrected chi connectivity index (χ1v) is 8.18. The van der Waals surface area contributed by atoms with Crippen LogP contribution in [-0.4, -0.2) is 29.9 Å². The van der Waals surface area contributed by atoms with Crippen LogP contribution in [0.15, 0.2) is 34.9 Å². The van der Waals surface area contributed by atoms with Crippen LogP contribution in [-0.2, 0) is 0 Å². The molecule has 1 aliphatic heterocycles. The van der Waals surface area contributed by atoms with E-state index < -0.39 is 5.91 Å². The van der Waals surface area contributed by atoms with E-state index in [-0.39, 0.29) is 5.91 Å². The number of H-pyrrole nitrogens is 1. The fourth-order valence-electron chi connectivity index (χ4n) is 2.71. The number of benzene rings is 1. The first kappa shape index (κ1) is 15.6. The van der Waals surface area contributed by atoms with Gasteiger partial charge in [-0.2, -0.15) is 0 Å². The lowest BCUT2D eigenvalue weighted by Crippen LogP contribution is -2.22. The van der Waals surface area contributed by atoms with Gasteiger partial charge in [-0.3, -0.25) is 9.59 Å². The van der Waals surface area contributed by atoms with Crippen molar-refractivity contribution in [2.75, 3.05) is 23.3 Å². The molecule has 1 aromatic heterocycles. The Morgan fingerprint density at radius 1 is 1.22 bits per heavy atom. The zero-order chi connectivity index (χ0) is 16.4. The number of rotatable bonds is 4. The van der Waals surface area contributed by atoms with Gasteiger partial charge >= 0.3 is 0 Å². The van der Waals surface area contributed by atoms with Crippen molar-refractivity contribution in [1.82, 2.24) is 4.98 Å². The molecule has 0 radical (unpaired) electrons. The molecule has 120 valence electrons. The second-order valence-electron chi connectivity index (χ2n) is 5.48. The van der Waals surface area contributed by atoms with Crippen LogP contribution in [0.5, 0.6) is 0 Å². The van der Waals surface area contributed by atoms with E-state index in [1.165, 1.54) is 0 Å². The molecule has 1 saturated heterocycles. The largest absolute Gasteiger partial charge is 0.370 e. The van der Waals surface area contributed by atoms with Gasteiger partial charge in [0.05, 0.1) is 11.4 Å². The highest BCUT2D eigenvalue weighted by molar-refractivity contribution is 9.10. The van der Waals surface area contributed by atoms with Crippen molar-refractivity contribution in [3.63, 3.8) is 0 Å². The maximum Gasteiger partial charge on any atom is 0.272 e. The van der Waals surface area contributed by atoms with Gasteiger partial charge in [-0.25, -0.2) is 0 Å². The average molecular weight is 377 g/mol. The molecular formula is C16H17BrN4O2. The Morgan fingerprint density at radius 3 is 2.57 bits per heavy atom. The molecule has 0 atom stereocenters. The standard InChI is InChI=1S/C16H17BrN4O2/c17-11-8-13(19-9-11)16(23)20-12-7-10(15(18)22)3-4-14(12)21-5-1-2-6-21/h3-4,7-9,19H,1-2,5-6H2,(H2,18,22)(H,20,23). The maximum atomic E-state index is 12.4. The number of aromatic amines is 1. The summed E-state index contributed by atoms with van der Waals surface area (Å²) >= 11 is 3.30. The monoisotopic (exact) mass is 376 g/mol. The molecule has 1 fully saturated rings. The fraction of sp³-hybridized carbons (Fsp3) is 0.250. The van der Waals surface area contributed by atoms with E-state index in [9.17, 15) is 9.59 Å². The molecule has 1 aliphatic rings. The van der Waals surface area contributed by atoms with Crippen LogP contribution >= 0.6 is 15.9 Å². The lowest BCUT2D eigenvalue weighted by atomic mass is 10.1. The third kappa shape index (κ3) is 3.39. The van der Waals surface area contributed by atoms with E-state index in [0.717, 1.165) is 36.1 Å². The lowest BCUT2D eigenvalue weighted by Gasteiger charge is -2.22. The van der Waals surface area contributed by atoms with Crippen molar-refractivity contribution in [3.05, 3.63) is 46.2 Å². The SMILES string of the molecule is NC(=O)c1ccc(N2CCCC2)c(NC(=O)c2cc(Br)c[nH]2)c1. The Bertz CT molecular complexity index is 750. The molecule has 2 amide bonds. The predicted molar refractivity (Wildman–Crippen MR) is 92.9 cm³/mol. The van der Waals surface area contributed by atoms with Gasteiger partial charge in [0.15, 0.2) is 0 Å². The molecule has 2 aromatic rings. The Labute approximate surface area is 142 Å². The second kappa shape index (κ2) is 6.45. The number of aromatic nitrogens is 1. The zero-order valence-corrected chi connectivity index (χ0v) is 14.0. The Kier molecular flexibility index (Phi) is 4.38. The summed E-state index contributed by atoms with van der Waals surface area (Å²) in [5.74, 6) is -0.783. The van der Waals surface area contributed by atoms with Crippen molar-refractivity contribution in [3.8, 4) is 0 Å². The number of carbonyl (C=O) groups excluding carboxylic acids is 2. The lowest BCUT2D eigenvalue weighted by molar-refractivity contribution is 0.0995. The summed E-state index contributed by atoms with van der Waals surface area (Å²) in [6.07, 6.45) is 3.93. The fourth-order valence-corrected chi connectivity index (χ4v) is 3.06. The topological polar surface area (TPSA) is 91.2 Å². The number of hydrogen-bond donors (Lipinski definition) is 3. The molecule has 4 N–H and O–H groups in total. The minimum Gasteiger partial charge on any atom is -0.370 e. The highest BCUT2D eigenvalue weighted by Crippen LogP contribution is 2.30. The molecule has 1 aromatic carbocycles. The Morgan fingerprint density at radius 2 is 1.96 bits per heavy atom. The minimum atomic E-state index is -0.518. The number of nitrogens with zero attached hydrogens (tertiary/aromatic N) is 1. The normalized spacial score (nSPS) is 14.0. The maximum absolute atomic E-state index is 12.4. The van der Waals surface area contributed by atoms with Gasteiger partial charge in [0.25, 0.3) is 5.91 Å². The van der Waals surface area contributed by atoms with Crippen LogP contribution in [0, 0.1) is 0 Å². The van der Waals surface area contributed by atoms with E-state index in [2.05, 4.69) is 31.1 Å². The van der Waals surface area contributed by atoms with Gasteiger partial charge in [-0.05, 0) is 53.0 Å². The van der Waals surface area contributed by atoms with Crippen LogP contribution in [0.2, 0.25) is 0 Å². The van der Waals surface area contributed by atoms with Gasteiger partial charge in [0, 0.05) is 29.3 Å². The molecule has 0 spiro atoms. The van der Waals surface area contributed by atoms with Crippen LogP contribution in [0.3, 0.4) is 0 Å². The number of amides is 2. The molecule has 6 nitrogen and oxygen atoms in total. The number of nitrogens with two attached hydrogens (primary N) is 1. The van der Waals surface area contributed by atoms with Gasteiger partial charge in [-0.1, -0.05) is 0 Å². The average Bonchev–Trinajstić information content (AvgIpc) is 3.18. The highest BCUT2D eigenvalue weighted by atomic mass is 79.9. The number of primary amides is 1. The summed E-state index contributed by atoms with van der Waals surface area (Å²) in [5.41, 5.74) is 7.67. The zero-order valence-electron chi connectivity index (χ0n) is 12.4. The molecular weight excluding hydrogens is 360 g/mol. The summed E-state index contributed by atoms with van der Waals surface area (Å²) in [6, 6.07) is 6.86.